The third kappa shape index (κ3) is 3.02. The Balaban J connectivity index is 2.02. The second kappa shape index (κ2) is 5.08. The Morgan fingerprint density at radius 2 is 2.18 bits per heavy atom. The molecule has 0 aliphatic rings. The SMILES string of the molecule is Cc1cnc(CNc2cccc(C#N)c2)cn1. The molecule has 1 N–H and O–H groups in total. The molecule has 0 spiro atoms. The normalized spacial score (nSPS) is 9.65. The lowest BCUT2D eigenvalue weighted by Crippen LogP contribution is -2.02. The summed E-state index contributed by atoms with van der Waals surface area (Å²) in [4.78, 5) is 8.42. The third-order valence-corrected chi connectivity index (χ3v) is 2.30. The number of aryl methyl sites for hydroxylation is 1. The van der Waals surface area contributed by atoms with E-state index >= 15 is 0 Å². The second-order valence-corrected chi connectivity index (χ2v) is 3.70. The molecule has 2 aromatic rings. The minimum atomic E-state index is 0.599. The van der Waals surface area contributed by atoms with E-state index in [2.05, 4.69) is 21.4 Å². The van der Waals surface area contributed by atoms with E-state index in [1.54, 1.807) is 18.5 Å². The molecular weight excluding hydrogens is 212 g/mol. The van der Waals surface area contributed by atoms with Gasteiger partial charge in [0.05, 0.1) is 35.8 Å². The number of hydrogen-bond donors (Lipinski definition) is 1. The summed E-state index contributed by atoms with van der Waals surface area (Å²) in [5.41, 5.74) is 3.33. The smallest absolute Gasteiger partial charge is 0.0992 e. The van der Waals surface area contributed by atoms with E-state index in [-0.39, 0.29) is 0 Å². The van der Waals surface area contributed by atoms with Gasteiger partial charge in [0.25, 0.3) is 0 Å². The van der Waals surface area contributed by atoms with Crippen LogP contribution in [0, 0.1) is 18.3 Å². The summed E-state index contributed by atoms with van der Waals surface area (Å²) in [6.45, 7) is 2.50. The van der Waals surface area contributed by atoms with Crippen LogP contribution in [-0.2, 0) is 6.54 Å². The van der Waals surface area contributed by atoms with E-state index in [0.717, 1.165) is 17.1 Å². The van der Waals surface area contributed by atoms with Crippen LogP contribution < -0.4 is 5.32 Å². The molecule has 84 valence electrons. The van der Waals surface area contributed by atoms with Crippen molar-refractivity contribution >= 4 is 5.69 Å². The Hall–Kier alpha value is -2.41. The minimum absolute atomic E-state index is 0.599. The molecule has 0 saturated heterocycles. The monoisotopic (exact) mass is 224 g/mol. The van der Waals surface area contributed by atoms with E-state index in [0.29, 0.717) is 12.1 Å². The highest BCUT2D eigenvalue weighted by Gasteiger charge is 1.97. The van der Waals surface area contributed by atoms with Crippen LogP contribution in [0.2, 0.25) is 0 Å². The summed E-state index contributed by atoms with van der Waals surface area (Å²) >= 11 is 0. The molecule has 0 unspecified atom stereocenters. The van der Waals surface area contributed by atoms with Gasteiger partial charge in [0.1, 0.15) is 0 Å². The highest BCUT2D eigenvalue weighted by atomic mass is 14.9. The molecule has 2 rings (SSSR count). The average molecular weight is 224 g/mol. The van der Waals surface area contributed by atoms with E-state index in [1.807, 2.05) is 25.1 Å². The first-order valence-corrected chi connectivity index (χ1v) is 5.29. The number of rotatable bonds is 3. The first kappa shape index (κ1) is 11.1. The van der Waals surface area contributed by atoms with Crippen molar-refractivity contribution < 1.29 is 0 Å². The van der Waals surface area contributed by atoms with Crippen LogP contribution in [0.5, 0.6) is 0 Å². The molecular formula is C13H12N4. The van der Waals surface area contributed by atoms with Crippen molar-refractivity contribution in [3.8, 4) is 6.07 Å². The van der Waals surface area contributed by atoms with Gasteiger partial charge in [0.2, 0.25) is 0 Å². The lowest BCUT2D eigenvalue weighted by Gasteiger charge is -2.05. The Labute approximate surface area is 100.0 Å². The average Bonchev–Trinajstić information content (AvgIpc) is 2.38. The molecule has 4 heteroatoms. The molecule has 1 aromatic carbocycles. The zero-order chi connectivity index (χ0) is 12.1. The Morgan fingerprint density at radius 3 is 2.88 bits per heavy atom. The minimum Gasteiger partial charge on any atom is -0.379 e. The number of hydrogen-bond acceptors (Lipinski definition) is 4. The fraction of sp³-hybridized carbons (Fsp3) is 0.154. The molecule has 1 aromatic heterocycles. The lowest BCUT2D eigenvalue weighted by molar-refractivity contribution is 0.984. The fourth-order valence-electron chi connectivity index (χ4n) is 1.40. The van der Waals surface area contributed by atoms with Gasteiger partial charge in [-0.25, -0.2) is 0 Å². The Morgan fingerprint density at radius 1 is 1.29 bits per heavy atom. The van der Waals surface area contributed by atoms with Crippen molar-refractivity contribution in [3.05, 3.63) is 53.6 Å². The number of anilines is 1. The summed E-state index contributed by atoms with van der Waals surface area (Å²) in [5, 5.41) is 12.0. The molecule has 17 heavy (non-hydrogen) atoms. The first-order valence-electron chi connectivity index (χ1n) is 5.29. The summed E-state index contributed by atoms with van der Waals surface area (Å²) in [5.74, 6) is 0. The number of nitrogens with one attached hydrogen (secondary N) is 1. The Bertz CT molecular complexity index is 540. The molecule has 0 bridgehead atoms. The topological polar surface area (TPSA) is 61.6 Å². The van der Waals surface area contributed by atoms with Crippen molar-refractivity contribution in [1.82, 2.24) is 9.97 Å². The van der Waals surface area contributed by atoms with Gasteiger partial charge in [-0.3, -0.25) is 9.97 Å². The van der Waals surface area contributed by atoms with E-state index in [9.17, 15) is 0 Å². The number of benzene rings is 1. The standard InChI is InChI=1S/C13H12N4/c1-10-7-16-13(8-15-10)9-17-12-4-2-3-11(5-12)6-14/h2-5,7-8,17H,9H2,1H3. The van der Waals surface area contributed by atoms with Crippen molar-refractivity contribution in [2.24, 2.45) is 0 Å². The summed E-state index contributed by atoms with van der Waals surface area (Å²) < 4.78 is 0. The summed E-state index contributed by atoms with van der Waals surface area (Å²) in [6, 6.07) is 9.45. The first-order chi connectivity index (χ1) is 8.28. The van der Waals surface area contributed by atoms with Crippen LogP contribution in [0.25, 0.3) is 0 Å². The maximum absolute atomic E-state index is 8.78. The van der Waals surface area contributed by atoms with E-state index in [4.69, 9.17) is 5.26 Å². The van der Waals surface area contributed by atoms with Gasteiger partial charge >= 0.3 is 0 Å². The van der Waals surface area contributed by atoms with Gasteiger partial charge in [-0.2, -0.15) is 5.26 Å². The van der Waals surface area contributed by atoms with Crippen molar-refractivity contribution in [2.75, 3.05) is 5.32 Å². The third-order valence-electron chi connectivity index (χ3n) is 2.30. The molecule has 0 saturated carbocycles. The van der Waals surface area contributed by atoms with Crippen LogP contribution >= 0.6 is 0 Å². The van der Waals surface area contributed by atoms with Crippen LogP contribution in [0.4, 0.5) is 5.69 Å². The van der Waals surface area contributed by atoms with Crippen LogP contribution in [0.3, 0.4) is 0 Å². The Kier molecular flexibility index (Phi) is 3.31. The van der Waals surface area contributed by atoms with Crippen LogP contribution in [0.15, 0.2) is 36.7 Å². The van der Waals surface area contributed by atoms with Gasteiger partial charge < -0.3 is 5.32 Å². The molecule has 0 radical (unpaired) electrons. The largest absolute Gasteiger partial charge is 0.379 e. The highest BCUT2D eigenvalue weighted by molar-refractivity contribution is 5.49. The molecule has 0 aliphatic carbocycles. The van der Waals surface area contributed by atoms with Gasteiger partial charge in [-0.05, 0) is 25.1 Å². The van der Waals surface area contributed by atoms with Gasteiger partial charge in [0.15, 0.2) is 0 Å². The quantitative estimate of drug-likeness (QED) is 0.868. The van der Waals surface area contributed by atoms with Crippen LogP contribution in [0.1, 0.15) is 17.0 Å². The molecule has 0 amide bonds. The number of nitriles is 1. The molecule has 4 nitrogen and oxygen atoms in total. The molecule has 0 atom stereocenters. The zero-order valence-electron chi connectivity index (χ0n) is 9.51. The zero-order valence-corrected chi connectivity index (χ0v) is 9.51. The molecule has 0 fully saturated rings. The highest BCUT2D eigenvalue weighted by Crippen LogP contribution is 2.10. The lowest BCUT2D eigenvalue weighted by atomic mass is 10.2. The van der Waals surface area contributed by atoms with E-state index < -0.39 is 0 Å². The predicted octanol–water partition coefficient (Wildman–Crippen LogP) is 2.27. The van der Waals surface area contributed by atoms with Crippen molar-refractivity contribution in [1.29, 1.82) is 5.26 Å². The maximum atomic E-state index is 8.78. The van der Waals surface area contributed by atoms with Gasteiger partial charge in [0, 0.05) is 11.9 Å². The molecule has 0 aliphatic heterocycles. The number of aromatic nitrogens is 2. The van der Waals surface area contributed by atoms with Crippen molar-refractivity contribution in [3.63, 3.8) is 0 Å². The predicted molar refractivity (Wildman–Crippen MR) is 65.3 cm³/mol. The van der Waals surface area contributed by atoms with Gasteiger partial charge in [-0.1, -0.05) is 6.07 Å². The summed E-state index contributed by atoms with van der Waals surface area (Å²) in [7, 11) is 0. The molecule has 1 heterocycles. The van der Waals surface area contributed by atoms with Gasteiger partial charge in [-0.15, -0.1) is 0 Å². The summed E-state index contributed by atoms with van der Waals surface area (Å²) in [6.07, 6.45) is 3.49. The van der Waals surface area contributed by atoms with E-state index in [1.165, 1.54) is 0 Å². The number of nitrogens with zero attached hydrogens (tertiary/aromatic N) is 3. The fourth-order valence-corrected chi connectivity index (χ4v) is 1.40. The van der Waals surface area contributed by atoms with Crippen molar-refractivity contribution in [2.45, 2.75) is 13.5 Å². The second-order valence-electron chi connectivity index (χ2n) is 3.70. The van der Waals surface area contributed by atoms with Crippen LogP contribution in [-0.4, -0.2) is 9.97 Å². The maximum Gasteiger partial charge on any atom is 0.0992 e.